The Labute approximate surface area is 130 Å². The van der Waals surface area contributed by atoms with Crippen molar-refractivity contribution in [2.75, 3.05) is 61.0 Å². The standard InChI is InChI=1S/3C3H8O2.Nd/c3*1-5-3-2-4;/h3*4H,2-3H2,1H3;. The molecule has 0 spiro atoms. The molecule has 0 fully saturated rings. The molecule has 0 rings (SSSR count). The molecule has 0 aromatic rings. The minimum absolute atomic E-state index is 0. The van der Waals surface area contributed by atoms with Crippen LogP contribution in [0.25, 0.3) is 0 Å². The molecule has 3 N–H and O–H groups in total. The maximum atomic E-state index is 7.94. The Morgan fingerprint density at radius 3 is 0.812 bits per heavy atom. The van der Waals surface area contributed by atoms with Crippen LogP contribution in [0.2, 0.25) is 0 Å². The largest absolute Gasteiger partial charge is 0.394 e. The van der Waals surface area contributed by atoms with Gasteiger partial charge in [-0.1, -0.05) is 0 Å². The average Bonchev–Trinajstić information content (AvgIpc) is 2.23. The van der Waals surface area contributed by atoms with Gasteiger partial charge in [0.25, 0.3) is 0 Å². The summed E-state index contributed by atoms with van der Waals surface area (Å²) >= 11 is 0. The van der Waals surface area contributed by atoms with Crippen molar-refractivity contribution in [3.63, 3.8) is 0 Å². The van der Waals surface area contributed by atoms with Gasteiger partial charge < -0.3 is 29.5 Å². The van der Waals surface area contributed by atoms with Gasteiger partial charge in [0, 0.05) is 62.2 Å². The summed E-state index contributed by atoms with van der Waals surface area (Å²) in [5.74, 6) is 0. The van der Waals surface area contributed by atoms with Crippen molar-refractivity contribution >= 4 is 0 Å². The fourth-order valence-corrected chi connectivity index (χ4v) is 0.274. The number of ether oxygens (including phenoxy) is 3. The maximum absolute atomic E-state index is 7.94. The van der Waals surface area contributed by atoms with E-state index in [1.807, 2.05) is 0 Å². The van der Waals surface area contributed by atoms with E-state index in [1.165, 1.54) is 0 Å². The van der Waals surface area contributed by atoms with Crippen LogP contribution >= 0.6 is 0 Å². The first-order valence-electron chi connectivity index (χ1n) is 4.54. The molecule has 0 saturated heterocycles. The molecule has 0 amide bonds. The van der Waals surface area contributed by atoms with E-state index in [4.69, 9.17) is 15.3 Å². The summed E-state index contributed by atoms with van der Waals surface area (Å²) in [5, 5.41) is 23.8. The van der Waals surface area contributed by atoms with E-state index >= 15 is 0 Å². The molecule has 6 nitrogen and oxygen atoms in total. The fourth-order valence-electron chi connectivity index (χ4n) is 0.274. The zero-order valence-corrected chi connectivity index (χ0v) is 13.5. The van der Waals surface area contributed by atoms with Crippen molar-refractivity contribution < 1.29 is 70.4 Å². The minimum atomic E-state index is 0. The van der Waals surface area contributed by atoms with Gasteiger partial charge >= 0.3 is 0 Å². The summed E-state index contributed by atoms with van der Waals surface area (Å²) in [6.45, 7) is 1.70. The molecule has 100 valence electrons. The van der Waals surface area contributed by atoms with Gasteiger partial charge in [0.2, 0.25) is 0 Å². The topological polar surface area (TPSA) is 88.4 Å². The molecule has 0 atom stereocenters. The number of hydrogen-bond donors (Lipinski definition) is 3. The number of rotatable bonds is 6. The van der Waals surface area contributed by atoms with E-state index in [0.717, 1.165) is 0 Å². The van der Waals surface area contributed by atoms with E-state index in [0.29, 0.717) is 19.8 Å². The summed E-state index contributed by atoms with van der Waals surface area (Å²) in [4.78, 5) is 0. The van der Waals surface area contributed by atoms with Crippen molar-refractivity contribution in [2.45, 2.75) is 0 Å². The summed E-state index contributed by atoms with van der Waals surface area (Å²) in [6.07, 6.45) is 0. The molecular formula is C9H24NdO6. The Hall–Kier alpha value is 1.11. The molecule has 16 heavy (non-hydrogen) atoms. The van der Waals surface area contributed by atoms with E-state index < -0.39 is 0 Å². The van der Waals surface area contributed by atoms with Gasteiger partial charge in [-0.3, -0.25) is 0 Å². The van der Waals surface area contributed by atoms with Crippen molar-refractivity contribution in [1.29, 1.82) is 0 Å². The summed E-state index contributed by atoms with van der Waals surface area (Å²) in [6, 6.07) is 0. The van der Waals surface area contributed by atoms with E-state index in [1.54, 1.807) is 21.3 Å². The second-order valence-corrected chi connectivity index (χ2v) is 2.15. The number of hydrogen-bond acceptors (Lipinski definition) is 6. The van der Waals surface area contributed by atoms with Crippen molar-refractivity contribution in [1.82, 2.24) is 0 Å². The Kier molecular flexibility index (Phi) is 58.1. The Morgan fingerprint density at radius 1 is 0.625 bits per heavy atom. The van der Waals surface area contributed by atoms with E-state index in [2.05, 4.69) is 14.2 Å². The van der Waals surface area contributed by atoms with Crippen molar-refractivity contribution in [3.8, 4) is 0 Å². The maximum Gasteiger partial charge on any atom is 0.0693 e. The quantitative estimate of drug-likeness (QED) is 0.547. The first-order chi connectivity index (χ1) is 7.24. The normalized spacial score (nSPS) is 7.88. The van der Waals surface area contributed by atoms with E-state index in [-0.39, 0.29) is 60.7 Å². The monoisotopic (exact) mass is 370 g/mol. The van der Waals surface area contributed by atoms with Crippen LogP contribution in [0.1, 0.15) is 0 Å². The number of aliphatic hydroxyl groups excluding tert-OH is 3. The van der Waals surface area contributed by atoms with Gasteiger partial charge in [-0.05, 0) is 0 Å². The Morgan fingerprint density at radius 2 is 0.812 bits per heavy atom. The summed E-state index contributed by atoms with van der Waals surface area (Å²) in [7, 11) is 4.66. The fraction of sp³-hybridized carbons (Fsp3) is 1.00. The molecule has 0 aromatic carbocycles. The van der Waals surface area contributed by atoms with Gasteiger partial charge in [0.05, 0.1) is 39.6 Å². The van der Waals surface area contributed by atoms with Crippen LogP contribution in [0.5, 0.6) is 0 Å². The molecule has 0 bridgehead atoms. The minimum Gasteiger partial charge on any atom is -0.394 e. The van der Waals surface area contributed by atoms with Crippen LogP contribution in [0, 0.1) is 40.8 Å². The third-order valence-electron chi connectivity index (χ3n) is 0.886. The van der Waals surface area contributed by atoms with Gasteiger partial charge in [0.1, 0.15) is 0 Å². The van der Waals surface area contributed by atoms with Crippen molar-refractivity contribution in [3.05, 3.63) is 0 Å². The predicted molar refractivity (Wildman–Crippen MR) is 56.9 cm³/mol. The Balaban J connectivity index is -0.0000000655. The SMILES string of the molecule is COCCO.COCCO.COCCO.[Nd]. The van der Waals surface area contributed by atoms with Crippen LogP contribution in [0.4, 0.5) is 0 Å². The summed E-state index contributed by atoms with van der Waals surface area (Å²) < 4.78 is 13.3. The van der Waals surface area contributed by atoms with Crippen LogP contribution in [0.3, 0.4) is 0 Å². The molecule has 0 radical (unpaired) electrons. The zero-order chi connectivity index (χ0) is 12.4. The first-order valence-corrected chi connectivity index (χ1v) is 4.54. The van der Waals surface area contributed by atoms with Crippen LogP contribution in [0.15, 0.2) is 0 Å². The number of aliphatic hydroxyl groups is 3. The average molecular weight is 373 g/mol. The van der Waals surface area contributed by atoms with Crippen LogP contribution in [-0.4, -0.2) is 76.3 Å². The molecular weight excluding hydrogens is 348 g/mol. The molecule has 0 aliphatic rings. The molecule has 0 aliphatic heterocycles. The third kappa shape index (κ3) is 59.5. The second-order valence-electron chi connectivity index (χ2n) is 2.15. The van der Waals surface area contributed by atoms with Gasteiger partial charge in [-0.25, -0.2) is 0 Å². The molecule has 0 heterocycles. The van der Waals surface area contributed by atoms with Crippen LogP contribution in [-0.2, 0) is 14.2 Å². The number of methoxy groups -OCH3 is 3. The molecule has 7 heteroatoms. The van der Waals surface area contributed by atoms with Crippen LogP contribution < -0.4 is 0 Å². The Bertz CT molecular complexity index is 56.8. The summed E-state index contributed by atoms with van der Waals surface area (Å²) in [5.41, 5.74) is 0. The second kappa shape index (κ2) is 36.0. The van der Waals surface area contributed by atoms with Gasteiger partial charge in [-0.2, -0.15) is 0 Å². The smallest absolute Gasteiger partial charge is 0.0693 e. The zero-order valence-electron chi connectivity index (χ0n) is 10.3. The molecule has 0 saturated carbocycles. The van der Waals surface area contributed by atoms with E-state index in [9.17, 15) is 0 Å². The van der Waals surface area contributed by atoms with Crippen molar-refractivity contribution in [2.24, 2.45) is 0 Å². The van der Waals surface area contributed by atoms with Gasteiger partial charge in [-0.15, -0.1) is 0 Å². The molecule has 0 aromatic heterocycles. The molecule has 0 unspecified atom stereocenters. The predicted octanol–water partition coefficient (Wildman–Crippen LogP) is -1.12. The molecule has 0 aliphatic carbocycles. The first kappa shape index (κ1) is 25.8. The third-order valence-corrected chi connectivity index (χ3v) is 0.886. The van der Waals surface area contributed by atoms with Gasteiger partial charge in [0.15, 0.2) is 0 Å².